The van der Waals surface area contributed by atoms with Crippen molar-refractivity contribution in [2.24, 2.45) is 0 Å². The predicted molar refractivity (Wildman–Crippen MR) is 135 cm³/mol. The molecule has 1 rings (SSSR count). The van der Waals surface area contributed by atoms with Crippen LogP contribution in [0.15, 0.2) is 24.3 Å². The molecule has 0 aliphatic rings. The van der Waals surface area contributed by atoms with Crippen LogP contribution in [0.25, 0.3) is 0 Å². The van der Waals surface area contributed by atoms with Gasteiger partial charge < -0.3 is 14.7 Å². The number of phenols is 1. The van der Waals surface area contributed by atoms with Crippen molar-refractivity contribution in [1.82, 2.24) is 4.90 Å². The van der Waals surface area contributed by atoms with Gasteiger partial charge in [-0.15, -0.1) is 0 Å². The molecule has 4 heteroatoms. The Kier molecular flexibility index (Phi) is 17.9. The topological polar surface area (TPSA) is 49.8 Å². The van der Waals surface area contributed by atoms with Gasteiger partial charge in [0.2, 0.25) is 0 Å². The second-order valence-corrected chi connectivity index (χ2v) is 9.12. The van der Waals surface area contributed by atoms with Crippen LogP contribution in [0.4, 0.5) is 0 Å². The largest absolute Gasteiger partial charge is 0.508 e. The van der Waals surface area contributed by atoms with Gasteiger partial charge in [-0.1, -0.05) is 78.1 Å². The van der Waals surface area contributed by atoms with Crippen molar-refractivity contribution >= 4 is 5.97 Å². The maximum absolute atomic E-state index is 12.0. The highest BCUT2D eigenvalue weighted by molar-refractivity contribution is 5.89. The highest BCUT2D eigenvalue weighted by Crippen LogP contribution is 2.12. The van der Waals surface area contributed by atoms with Crippen molar-refractivity contribution in [2.75, 3.05) is 26.2 Å². The summed E-state index contributed by atoms with van der Waals surface area (Å²) >= 11 is 0. The van der Waals surface area contributed by atoms with Crippen molar-refractivity contribution in [1.29, 1.82) is 0 Å². The highest BCUT2D eigenvalue weighted by Gasteiger charge is 2.08. The summed E-state index contributed by atoms with van der Waals surface area (Å²) in [5.74, 6) is -0.147. The number of esters is 1. The van der Waals surface area contributed by atoms with E-state index in [1.807, 2.05) is 0 Å². The first-order valence-corrected chi connectivity index (χ1v) is 13.4. The number of benzene rings is 1. The molecule has 1 aromatic carbocycles. The molecule has 0 aromatic heterocycles. The summed E-state index contributed by atoms with van der Waals surface area (Å²) in [7, 11) is 0. The molecule has 0 saturated heterocycles. The van der Waals surface area contributed by atoms with Crippen LogP contribution in [0.3, 0.4) is 0 Å². The predicted octanol–water partition coefficient (Wildman–Crippen LogP) is 7.74. The van der Waals surface area contributed by atoms with Crippen LogP contribution in [0.5, 0.6) is 5.75 Å². The standard InChI is InChI=1S/C28H49NO3/c1-3-5-7-9-11-14-22-29(23-15-12-10-8-6-4-2)24-16-13-17-25-32-28(31)26-18-20-27(30)21-19-26/h18-21,30H,3-17,22-25H2,1-2H3. The van der Waals surface area contributed by atoms with Crippen molar-refractivity contribution in [3.63, 3.8) is 0 Å². The Bertz CT molecular complexity index is 542. The van der Waals surface area contributed by atoms with E-state index in [0.717, 1.165) is 19.4 Å². The molecule has 4 nitrogen and oxygen atoms in total. The molecule has 0 fully saturated rings. The van der Waals surface area contributed by atoms with Gasteiger partial charge in [0.05, 0.1) is 12.2 Å². The van der Waals surface area contributed by atoms with Gasteiger partial charge in [0, 0.05) is 0 Å². The molecular formula is C28H49NO3. The zero-order chi connectivity index (χ0) is 23.3. The Labute approximate surface area is 197 Å². The molecule has 0 bridgehead atoms. The normalized spacial score (nSPS) is 11.2. The number of nitrogens with zero attached hydrogens (tertiary/aromatic N) is 1. The fraction of sp³-hybridized carbons (Fsp3) is 0.750. The van der Waals surface area contributed by atoms with Gasteiger partial charge in [-0.2, -0.15) is 0 Å². The quantitative estimate of drug-likeness (QED) is 0.155. The first kappa shape index (κ1) is 28.5. The molecule has 0 amide bonds. The molecule has 0 saturated carbocycles. The van der Waals surface area contributed by atoms with Crippen LogP contribution >= 0.6 is 0 Å². The summed E-state index contributed by atoms with van der Waals surface area (Å²) in [6.45, 7) is 8.64. The van der Waals surface area contributed by atoms with Crippen LogP contribution in [-0.2, 0) is 4.74 Å². The lowest BCUT2D eigenvalue weighted by molar-refractivity contribution is 0.0497. The van der Waals surface area contributed by atoms with Gasteiger partial charge in [-0.25, -0.2) is 4.79 Å². The smallest absolute Gasteiger partial charge is 0.338 e. The second-order valence-electron chi connectivity index (χ2n) is 9.12. The molecule has 0 spiro atoms. The van der Waals surface area contributed by atoms with Gasteiger partial charge in [0.15, 0.2) is 0 Å². The van der Waals surface area contributed by atoms with E-state index in [1.165, 1.54) is 109 Å². The van der Waals surface area contributed by atoms with Gasteiger partial charge in [0.1, 0.15) is 5.75 Å². The lowest BCUT2D eigenvalue weighted by Gasteiger charge is -2.22. The number of phenolic OH excluding ortho intramolecular Hbond substituents is 1. The molecule has 1 N–H and O–H groups in total. The highest BCUT2D eigenvalue weighted by atomic mass is 16.5. The third kappa shape index (κ3) is 15.3. The van der Waals surface area contributed by atoms with Crippen LogP contribution in [-0.4, -0.2) is 42.2 Å². The van der Waals surface area contributed by atoms with E-state index < -0.39 is 0 Å². The second kappa shape index (κ2) is 20.1. The number of carbonyl (C=O) groups excluding carboxylic acids is 1. The molecule has 0 unspecified atom stereocenters. The minimum atomic E-state index is -0.308. The monoisotopic (exact) mass is 447 g/mol. The van der Waals surface area contributed by atoms with Crippen molar-refractivity contribution in [2.45, 2.75) is 110 Å². The molecule has 32 heavy (non-hydrogen) atoms. The molecule has 0 atom stereocenters. The first-order valence-electron chi connectivity index (χ1n) is 13.4. The van der Waals surface area contributed by atoms with Crippen molar-refractivity contribution in [3.05, 3.63) is 29.8 Å². The van der Waals surface area contributed by atoms with E-state index in [1.54, 1.807) is 12.1 Å². The summed E-state index contributed by atoms with van der Waals surface area (Å²) < 4.78 is 5.36. The van der Waals surface area contributed by atoms with Gasteiger partial charge in [-0.3, -0.25) is 0 Å². The fourth-order valence-electron chi connectivity index (χ4n) is 4.03. The third-order valence-electron chi connectivity index (χ3n) is 6.11. The Hall–Kier alpha value is -1.55. The average molecular weight is 448 g/mol. The van der Waals surface area contributed by atoms with Crippen molar-refractivity contribution in [3.8, 4) is 5.75 Å². The molecule has 0 aliphatic heterocycles. The van der Waals surface area contributed by atoms with Crippen LogP contribution in [0, 0.1) is 0 Å². The number of hydrogen-bond donors (Lipinski definition) is 1. The zero-order valence-corrected chi connectivity index (χ0v) is 21.0. The van der Waals surface area contributed by atoms with Crippen molar-refractivity contribution < 1.29 is 14.6 Å². The molecule has 0 aliphatic carbocycles. The maximum atomic E-state index is 12.0. The van der Waals surface area contributed by atoms with Crippen LogP contribution < -0.4 is 0 Å². The Morgan fingerprint density at radius 3 is 1.62 bits per heavy atom. The fourth-order valence-corrected chi connectivity index (χ4v) is 4.03. The number of unbranched alkanes of at least 4 members (excludes halogenated alkanes) is 12. The first-order chi connectivity index (χ1) is 15.7. The molecule has 184 valence electrons. The number of carbonyl (C=O) groups is 1. The Morgan fingerprint density at radius 2 is 1.12 bits per heavy atom. The van der Waals surface area contributed by atoms with Gasteiger partial charge >= 0.3 is 5.97 Å². The van der Waals surface area contributed by atoms with Crippen LogP contribution in [0.2, 0.25) is 0 Å². The zero-order valence-electron chi connectivity index (χ0n) is 21.0. The van der Waals surface area contributed by atoms with E-state index in [0.29, 0.717) is 12.2 Å². The third-order valence-corrected chi connectivity index (χ3v) is 6.11. The van der Waals surface area contributed by atoms with E-state index in [9.17, 15) is 9.90 Å². The lowest BCUT2D eigenvalue weighted by atomic mass is 10.1. The molecule has 0 radical (unpaired) electrons. The Balaban J connectivity index is 2.18. The number of ether oxygens (including phenoxy) is 1. The van der Waals surface area contributed by atoms with E-state index in [2.05, 4.69) is 18.7 Å². The number of hydrogen-bond acceptors (Lipinski definition) is 4. The minimum absolute atomic E-state index is 0.160. The summed E-state index contributed by atoms with van der Waals surface area (Å²) in [5, 5.41) is 9.31. The average Bonchev–Trinajstić information content (AvgIpc) is 2.80. The maximum Gasteiger partial charge on any atom is 0.338 e. The van der Waals surface area contributed by atoms with Gasteiger partial charge in [-0.05, 0) is 76.0 Å². The molecular weight excluding hydrogens is 398 g/mol. The summed E-state index contributed by atoms with van der Waals surface area (Å²) in [6, 6.07) is 6.22. The Morgan fingerprint density at radius 1 is 0.688 bits per heavy atom. The van der Waals surface area contributed by atoms with Crippen LogP contribution in [0.1, 0.15) is 121 Å². The van der Waals surface area contributed by atoms with E-state index >= 15 is 0 Å². The summed E-state index contributed by atoms with van der Waals surface area (Å²) in [4.78, 5) is 14.7. The van der Waals surface area contributed by atoms with E-state index in [-0.39, 0.29) is 11.7 Å². The molecule has 0 heterocycles. The molecule has 1 aromatic rings. The van der Waals surface area contributed by atoms with Gasteiger partial charge in [0.25, 0.3) is 0 Å². The summed E-state index contributed by atoms with van der Waals surface area (Å²) in [6.07, 6.45) is 19.4. The SMILES string of the molecule is CCCCCCCCN(CCCCCCCC)CCCCCOC(=O)c1ccc(O)cc1. The lowest BCUT2D eigenvalue weighted by Crippen LogP contribution is -2.27. The number of rotatable bonds is 21. The summed E-state index contributed by atoms with van der Waals surface area (Å²) in [5.41, 5.74) is 0.492. The van der Waals surface area contributed by atoms with E-state index in [4.69, 9.17) is 4.74 Å². The minimum Gasteiger partial charge on any atom is -0.508 e. The number of aromatic hydroxyl groups is 1.